The Kier molecular flexibility index (Phi) is 5.22. The van der Waals surface area contributed by atoms with Gasteiger partial charge in [-0.05, 0) is 35.7 Å². The Morgan fingerprint density at radius 3 is 2.40 bits per heavy atom. The number of ether oxygens (including phenoxy) is 2. The minimum Gasteiger partial charge on any atom is -0.486 e. The van der Waals surface area contributed by atoms with E-state index in [1.54, 1.807) is 18.2 Å². The molecule has 0 saturated heterocycles. The van der Waals surface area contributed by atoms with Crippen LogP contribution in [-0.4, -0.2) is 21.6 Å². The second kappa shape index (κ2) is 7.23. The van der Waals surface area contributed by atoms with Gasteiger partial charge in [0.25, 0.3) is 0 Å². The number of nitrogens with one attached hydrogen (secondary N) is 1. The van der Waals surface area contributed by atoms with Crippen molar-refractivity contribution < 1.29 is 17.9 Å². The molecule has 2 aromatic carbocycles. The van der Waals surface area contributed by atoms with Crippen LogP contribution in [0.15, 0.2) is 47.4 Å². The number of halogens is 1. The monoisotopic (exact) mass is 381 g/mol. The fraction of sp³-hybridized carbons (Fsp3) is 0.333. The van der Waals surface area contributed by atoms with Gasteiger partial charge in [0, 0.05) is 6.04 Å². The summed E-state index contributed by atoms with van der Waals surface area (Å²) in [6, 6.07) is 11.5. The Hall–Kier alpha value is -1.76. The summed E-state index contributed by atoms with van der Waals surface area (Å²) in [6.07, 6.45) is 0. The molecule has 0 saturated carbocycles. The molecule has 1 aliphatic heterocycles. The first kappa shape index (κ1) is 18.0. The van der Waals surface area contributed by atoms with E-state index < -0.39 is 16.1 Å². The van der Waals surface area contributed by atoms with E-state index in [9.17, 15) is 8.42 Å². The third-order valence-corrected chi connectivity index (χ3v) is 5.94. The highest BCUT2D eigenvalue weighted by atomic mass is 35.5. The molecule has 3 rings (SSSR count). The van der Waals surface area contributed by atoms with Crippen molar-refractivity contribution in [1.82, 2.24) is 4.72 Å². The van der Waals surface area contributed by atoms with Crippen LogP contribution in [0.25, 0.3) is 0 Å². The van der Waals surface area contributed by atoms with E-state index in [4.69, 9.17) is 21.1 Å². The quantitative estimate of drug-likeness (QED) is 0.855. The molecule has 0 amide bonds. The highest BCUT2D eigenvalue weighted by molar-refractivity contribution is 7.89. The number of rotatable bonds is 5. The van der Waals surface area contributed by atoms with Crippen LogP contribution in [-0.2, 0) is 10.0 Å². The largest absolute Gasteiger partial charge is 0.486 e. The van der Waals surface area contributed by atoms with Gasteiger partial charge in [-0.1, -0.05) is 43.6 Å². The molecule has 0 fully saturated rings. The number of hydrogen-bond donors (Lipinski definition) is 1. The van der Waals surface area contributed by atoms with Gasteiger partial charge in [-0.2, -0.15) is 0 Å². The number of hydrogen-bond acceptors (Lipinski definition) is 4. The Morgan fingerprint density at radius 1 is 1.04 bits per heavy atom. The van der Waals surface area contributed by atoms with E-state index in [-0.39, 0.29) is 15.8 Å². The van der Waals surface area contributed by atoms with Crippen molar-refractivity contribution in [2.45, 2.75) is 24.8 Å². The van der Waals surface area contributed by atoms with Crippen molar-refractivity contribution in [3.8, 4) is 11.5 Å². The molecule has 1 heterocycles. The average molecular weight is 382 g/mol. The zero-order chi connectivity index (χ0) is 18.0. The van der Waals surface area contributed by atoms with Crippen molar-refractivity contribution >= 4 is 21.6 Å². The predicted octanol–water partition coefficient (Wildman–Crippen LogP) is 3.79. The van der Waals surface area contributed by atoms with Gasteiger partial charge in [-0.15, -0.1) is 0 Å². The highest BCUT2D eigenvalue weighted by Crippen LogP contribution is 2.35. The fourth-order valence-corrected chi connectivity index (χ4v) is 4.63. The Bertz CT molecular complexity index is 867. The van der Waals surface area contributed by atoms with Gasteiger partial charge in [0.2, 0.25) is 10.0 Å². The van der Waals surface area contributed by atoms with E-state index in [0.717, 1.165) is 5.56 Å². The van der Waals surface area contributed by atoms with Crippen molar-refractivity contribution in [1.29, 1.82) is 0 Å². The number of sulfonamides is 1. The summed E-state index contributed by atoms with van der Waals surface area (Å²) < 4.78 is 39.4. The average Bonchev–Trinajstić information content (AvgIpc) is 2.59. The van der Waals surface area contributed by atoms with Crippen LogP contribution in [0.4, 0.5) is 0 Å². The lowest BCUT2D eigenvalue weighted by atomic mass is 9.97. The zero-order valence-corrected chi connectivity index (χ0v) is 15.6. The highest BCUT2D eigenvalue weighted by Gasteiger charge is 2.26. The summed E-state index contributed by atoms with van der Waals surface area (Å²) in [6.45, 7) is 4.90. The molecule has 1 aliphatic rings. The molecule has 0 bridgehead atoms. The second-order valence-electron chi connectivity index (χ2n) is 6.18. The maximum Gasteiger partial charge on any atom is 0.242 e. The van der Waals surface area contributed by atoms with Gasteiger partial charge < -0.3 is 9.47 Å². The first-order chi connectivity index (χ1) is 11.9. The smallest absolute Gasteiger partial charge is 0.242 e. The normalized spacial score (nSPS) is 15.2. The summed E-state index contributed by atoms with van der Waals surface area (Å²) >= 11 is 6.06. The molecule has 5 nitrogen and oxygen atoms in total. The lowest BCUT2D eigenvalue weighted by molar-refractivity contribution is 0.171. The summed E-state index contributed by atoms with van der Waals surface area (Å²) in [5.74, 6) is 1.33. The van der Waals surface area contributed by atoms with Crippen LogP contribution in [0.2, 0.25) is 5.02 Å². The summed E-state index contributed by atoms with van der Waals surface area (Å²) in [4.78, 5) is 0.0693. The van der Waals surface area contributed by atoms with Crippen LogP contribution >= 0.6 is 11.6 Å². The molecule has 2 aromatic rings. The lowest BCUT2D eigenvalue weighted by Crippen LogP contribution is -2.32. The molecule has 1 N–H and O–H groups in total. The van der Waals surface area contributed by atoms with Crippen molar-refractivity contribution in [2.75, 3.05) is 13.2 Å². The van der Waals surface area contributed by atoms with Crippen LogP contribution < -0.4 is 14.2 Å². The summed E-state index contributed by atoms with van der Waals surface area (Å²) in [5.41, 5.74) is 0.815. The Balaban J connectivity index is 1.93. The maximum atomic E-state index is 12.8. The maximum absolute atomic E-state index is 12.8. The molecule has 134 valence electrons. The van der Waals surface area contributed by atoms with Gasteiger partial charge in [0.15, 0.2) is 11.5 Å². The molecule has 0 unspecified atom stereocenters. The molecule has 0 spiro atoms. The minimum atomic E-state index is -3.76. The summed E-state index contributed by atoms with van der Waals surface area (Å²) in [7, 11) is -3.76. The molecule has 0 radical (unpaired) electrons. The zero-order valence-electron chi connectivity index (χ0n) is 14.0. The van der Waals surface area contributed by atoms with Crippen LogP contribution in [0.1, 0.15) is 25.5 Å². The molecule has 7 heteroatoms. The minimum absolute atomic E-state index is 0.0276. The lowest BCUT2D eigenvalue weighted by Gasteiger charge is -2.25. The standard InChI is InChI=1S/C18H20ClNO4S/c1-12(2)18(13-7-8-15-16(11-13)24-10-9-23-15)20-25(21,22)17-6-4-3-5-14(17)19/h3-8,11-12,18,20H,9-10H2,1-2H3/t18-/m0/s1. The number of benzene rings is 2. The fourth-order valence-electron chi connectivity index (χ4n) is 2.74. The first-order valence-electron chi connectivity index (χ1n) is 8.05. The van der Waals surface area contributed by atoms with Crippen LogP contribution in [0, 0.1) is 5.92 Å². The molecule has 0 aliphatic carbocycles. The second-order valence-corrected chi connectivity index (χ2v) is 8.27. The Morgan fingerprint density at radius 2 is 1.72 bits per heavy atom. The topological polar surface area (TPSA) is 64.6 Å². The van der Waals surface area contributed by atoms with Crippen LogP contribution in [0.5, 0.6) is 11.5 Å². The van der Waals surface area contributed by atoms with Gasteiger partial charge in [-0.3, -0.25) is 0 Å². The SMILES string of the molecule is CC(C)[C@H](NS(=O)(=O)c1ccccc1Cl)c1ccc2c(c1)OCCO2. The molecular weight excluding hydrogens is 362 g/mol. The van der Waals surface area contributed by atoms with E-state index in [1.807, 2.05) is 32.0 Å². The van der Waals surface area contributed by atoms with E-state index >= 15 is 0 Å². The van der Waals surface area contributed by atoms with Gasteiger partial charge >= 0.3 is 0 Å². The van der Waals surface area contributed by atoms with E-state index in [2.05, 4.69) is 4.72 Å². The van der Waals surface area contributed by atoms with Crippen LogP contribution in [0.3, 0.4) is 0 Å². The molecule has 0 aromatic heterocycles. The van der Waals surface area contributed by atoms with Crippen molar-refractivity contribution in [3.05, 3.63) is 53.1 Å². The first-order valence-corrected chi connectivity index (χ1v) is 9.91. The van der Waals surface area contributed by atoms with Gasteiger partial charge in [0.05, 0.1) is 5.02 Å². The number of fused-ring (bicyclic) bond motifs is 1. The molecular formula is C18H20ClNO4S. The third-order valence-electron chi connectivity index (χ3n) is 4.00. The van der Waals surface area contributed by atoms with E-state index in [1.165, 1.54) is 6.07 Å². The third kappa shape index (κ3) is 3.92. The predicted molar refractivity (Wildman–Crippen MR) is 96.8 cm³/mol. The van der Waals surface area contributed by atoms with Gasteiger partial charge in [0.1, 0.15) is 18.1 Å². The van der Waals surface area contributed by atoms with Gasteiger partial charge in [-0.25, -0.2) is 13.1 Å². The Labute approximate surface area is 153 Å². The van der Waals surface area contributed by atoms with Crippen molar-refractivity contribution in [2.24, 2.45) is 5.92 Å². The molecule has 1 atom stereocenters. The summed E-state index contributed by atoms with van der Waals surface area (Å²) in [5, 5.41) is 0.194. The molecule has 25 heavy (non-hydrogen) atoms. The van der Waals surface area contributed by atoms with Crippen molar-refractivity contribution in [3.63, 3.8) is 0 Å². The van der Waals surface area contributed by atoms with E-state index in [0.29, 0.717) is 24.7 Å².